The number of hydrogen-bond acceptors (Lipinski definition) is 3. The first kappa shape index (κ1) is 17.6. The van der Waals surface area contributed by atoms with Crippen LogP contribution in [0.3, 0.4) is 0 Å². The standard InChI is InChI=1S/C20H17F3O2S/c21-20(22,23)26-17-10-4-7-13-11-16(19(24)18(13)17)25-15-9-3-6-12-5-1-2-8-14(12)15/h1-2,4-5,7-8,10,15-16H,3,6,9,11H2. The van der Waals surface area contributed by atoms with Crippen molar-refractivity contribution in [2.75, 3.05) is 0 Å². The molecule has 0 amide bonds. The number of ketones is 1. The van der Waals surface area contributed by atoms with Crippen LogP contribution in [0.4, 0.5) is 13.2 Å². The fourth-order valence-corrected chi connectivity index (χ4v) is 4.58. The fraction of sp³-hybridized carbons (Fsp3) is 0.350. The molecule has 0 aromatic heterocycles. The monoisotopic (exact) mass is 378 g/mol. The van der Waals surface area contributed by atoms with E-state index in [1.165, 1.54) is 11.6 Å². The van der Waals surface area contributed by atoms with Crippen LogP contribution >= 0.6 is 11.8 Å². The van der Waals surface area contributed by atoms with Crippen molar-refractivity contribution >= 4 is 17.5 Å². The molecule has 0 fully saturated rings. The minimum Gasteiger partial charge on any atom is -0.362 e. The van der Waals surface area contributed by atoms with E-state index in [0.717, 1.165) is 24.8 Å². The van der Waals surface area contributed by atoms with Crippen LogP contribution in [0.15, 0.2) is 47.4 Å². The molecule has 2 aliphatic rings. The molecule has 2 unspecified atom stereocenters. The predicted molar refractivity (Wildman–Crippen MR) is 93.4 cm³/mol. The molecular weight excluding hydrogens is 361 g/mol. The van der Waals surface area contributed by atoms with Crippen molar-refractivity contribution in [1.29, 1.82) is 0 Å². The summed E-state index contributed by atoms with van der Waals surface area (Å²) in [5.74, 6) is -0.338. The van der Waals surface area contributed by atoms with Gasteiger partial charge in [-0.1, -0.05) is 36.4 Å². The van der Waals surface area contributed by atoms with Gasteiger partial charge in [-0.2, -0.15) is 13.2 Å². The van der Waals surface area contributed by atoms with Crippen LogP contribution in [-0.4, -0.2) is 17.4 Å². The first-order valence-corrected chi connectivity index (χ1v) is 9.39. The van der Waals surface area contributed by atoms with E-state index in [1.54, 1.807) is 12.1 Å². The lowest BCUT2D eigenvalue weighted by atomic mass is 9.89. The summed E-state index contributed by atoms with van der Waals surface area (Å²) in [6, 6.07) is 12.6. The van der Waals surface area contributed by atoms with Gasteiger partial charge in [-0.15, -0.1) is 0 Å². The summed E-state index contributed by atoms with van der Waals surface area (Å²) >= 11 is -0.230. The molecule has 136 valence electrons. The highest BCUT2D eigenvalue weighted by molar-refractivity contribution is 8.00. The molecule has 0 saturated carbocycles. The minimum atomic E-state index is -4.42. The van der Waals surface area contributed by atoms with Crippen LogP contribution in [0.5, 0.6) is 0 Å². The maximum atomic E-state index is 12.8. The van der Waals surface area contributed by atoms with Gasteiger partial charge >= 0.3 is 5.51 Å². The quantitative estimate of drug-likeness (QED) is 0.660. The average Bonchev–Trinajstić information content (AvgIpc) is 2.91. The number of thioether (sulfide) groups is 1. The first-order chi connectivity index (χ1) is 12.4. The van der Waals surface area contributed by atoms with Gasteiger partial charge in [0, 0.05) is 16.9 Å². The van der Waals surface area contributed by atoms with Crippen molar-refractivity contribution in [2.24, 2.45) is 0 Å². The number of benzene rings is 2. The second kappa shape index (κ2) is 6.74. The Labute approximate surface area is 153 Å². The summed E-state index contributed by atoms with van der Waals surface area (Å²) in [5.41, 5.74) is -1.30. The maximum absolute atomic E-state index is 12.8. The number of carbonyl (C=O) groups is 1. The number of carbonyl (C=O) groups excluding carboxylic acids is 1. The van der Waals surface area contributed by atoms with E-state index < -0.39 is 11.6 Å². The van der Waals surface area contributed by atoms with Gasteiger partial charge in [0.2, 0.25) is 0 Å². The molecule has 0 spiro atoms. The van der Waals surface area contributed by atoms with Crippen molar-refractivity contribution in [3.63, 3.8) is 0 Å². The van der Waals surface area contributed by atoms with Crippen molar-refractivity contribution in [2.45, 2.75) is 48.3 Å². The Hall–Kier alpha value is -1.79. The van der Waals surface area contributed by atoms with Crippen molar-refractivity contribution in [3.05, 3.63) is 64.7 Å². The van der Waals surface area contributed by atoms with E-state index in [4.69, 9.17) is 4.74 Å². The molecule has 0 heterocycles. The van der Waals surface area contributed by atoms with Crippen LogP contribution in [0, 0.1) is 0 Å². The molecule has 6 heteroatoms. The Morgan fingerprint density at radius 1 is 1.00 bits per heavy atom. The number of halogens is 3. The number of alkyl halides is 3. The van der Waals surface area contributed by atoms with Crippen LogP contribution in [0.1, 0.15) is 46.0 Å². The predicted octanol–water partition coefficient (Wildman–Crippen LogP) is 5.50. The lowest BCUT2D eigenvalue weighted by Crippen LogP contribution is -2.25. The second-order valence-corrected chi connectivity index (χ2v) is 7.72. The molecule has 2 atom stereocenters. The summed E-state index contributed by atoms with van der Waals surface area (Å²) in [6.45, 7) is 0. The Morgan fingerprint density at radius 2 is 1.77 bits per heavy atom. The number of ether oxygens (including phenoxy) is 1. The Bertz CT molecular complexity index is 847. The van der Waals surface area contributed by atoms with Crippen molar-refractivity contribution in [1.82, 2.24) is 0 Å². The lowest BCUT2D eigenvalue weighted by molar-refractivity contribution is -0.0328. The molecule has 2 aliphatic carbocycles. The van der Waals surface area contributed by atoms with E-state index in [1.807, 2.05) is 18.2 Å². The van der Waals surface area contributed by atoms with Crippen LogP contribution < -0.4 is 0 Å². The van der Waals surface area contributed by atoms with E-state index in [2.05, 4.69) is 6.07 Å². The number of fused-ring (bicyclic) bond motifs is 2. The molecule has 0 saturated heterocycles. The maximum Gasteiger partial charge on any atom is 0.446 e. The summed E-state index contributed by atoms with van der Waals surface area (Å²) in [5, 5.41) is 0. The highest BCUT2D eigenvalue weighted by Crippen LogP contribution is 2.43. The van der Waals surface area contributed by atoms with E-state index in [9.17, 15) is 18.0 Å². The summed E-state index contributed by atoms with van der Waals surface area (Å²) < 4.78 is 44.5. The third-order valence-corrected chi connectivity index (χ3v) is 5.72. The number of hydrogen-bond donors (Lipinski definition) is 0. The molecule has 0 aliphatic heterocycles. The molecule has 4 rings (SSSR count). The topological polar surface area (TPSA) is 26.3 Å². The number of rotatable bonds is 3. The van der Waals surface area contributed by atoms with Gasteiger partial charge in [0.1, 0.15) is 6.10 Å². The zero-order chi connectivity index (χ0) is 18.3. The van der Waals surface area contributed by atoms with E-state index >= 15 is 0 Å². The number of aryl methyl sites for hydroxylation is 1. The van der Waals surface area contributed by atoms with Gasteiger partial charge in [0.05, 0.1) is 6.10 Å². The largest absolute Gasteiger partial charge is 0.446 e. The summed E-state index contributed by atoms with van der Waals surface area (Å²) in [6.07, 6.45) is 2.23. The zero-order valence-corrected chi connectivity index (χ0v) is 14.7. The Balaban J connectivity index is 1.58. The minimum absolute atomic E-state index is 0.0323. The van der Waals surface area contributed by atoms with Crippen molar-refractivity contribution in [3.8, 4) is 0 Å². The van der Waals surface area contributed by atoms with Crippen LogP contribution in [0.2, 0.25) is 0 Å². The highest BCUT2D eigenvalue weighted by Gasteiger charge is 2.39. The molecule has 0 radical (unpaired) electrons. The number of Topliss-reactive ketones (excluding diaryl/α,β-unsaturated/α-hetero) is 1. The van der Waals surface area contributed by atoms with E-state index in [0.29, 0.717) is 12.0 Å². The van der Waals surface area contributed by atoms with Gasteiger partial charge in [-0.05, 0) is 53.8 Å². The molecule has 2 aromatic carbocycles. The molecular formula is C20H17F3O2S. The Morgan fingerprint density at radius 3 is 2.58 bits per heavy atom. The fourth-order valence-electron chi connectivity index (χ4n) is 3.85. The van der Waals surface area contributed by atoms with Crippen LogP contribution in [-0.2, 0) is 17.6 Å². The normalized spacial score (nSPS) is 22.2. The molecule has 2 nitrogen and oxygen atoms in total. The van der Waals surface area contributed by atoms with Gasteiger partial charge in [-0.3, -0.25) is 4.79 Å². The third-order valence-electron chi connectivity index (χ3n) is 4.93. The summed E-state index contributed by atoms with van der Waals surface area (Å²) in [4.78, 5) is 12.8. The Kier molecular flexibility index (Phi) is 4.57. The molecule has 26 heavy (non-hydrogen) atoms. The highest BCUT2D eigenvalue weighted by atomic mass is 32.2. The second-order valence-electron chi connectivity index (χ2n) is 6.61. The van der Waals surface area contributed by atoms with Crippen LogP contribution in [0.25, 0.3) is 0 Å². The van der Waals surface area contributed by atoms with Gasteiger partial charge in [0.25, 0.3) is 0 Å². The third kappa shape index (κ3) is 3.40. The van der Waals surface area contributed by atoms with Gasteiger partial charge in [0.15, 0.2) is 5.78 Å². The van der Waals surface area contributed by atoms with Gasteiger partial charge in [-0.25, -0.2) is 0 Å². The zero-order valence-electron chi connectivity index (χ0n) is 13.9. The first-order valence-electron chi connectivity index (χ1n) is 8.57. The SMILES string of the molecule is O=C1c2c(cccc2SC(F)(F)F)CC1OC1CCCc2ccccc21. The van der Waals surface area contributed by atoms with Crippen molar-refractivity contribution < 1.29 is 22.7 Å². The smallest absolute Gasteiger partial charge is 0.362 e. The molecule has 0 bridgehead atoms. The lowest BCUT2D eigenvalue weighted by Gasteiger charge is -2.27. The molecule has 2 aromatic rings. The van der Waals surface area contributed by atoms with E-state index in [-0.39, 0.29) is 34.1 Å². The molecule has 0 N–H and O–H groups in total. The van der Waals surface area contributed by atoms with Gasteiger partial charge < -0.3 is 4.74 Å². The summed E-state index contributed by atoms with van der Waals surface area (Å²) in [7, 11) is 0. The average molecular weight is 378 g/mol.